The number of ether oxygens (including phenoxy) is 1. The van der Waals surface area contributed by atoms with Crippen molar-refractivity contribution >= 4 is 11.3 Å². The molecular formula is C11H11NO2S. The lowest BCUT2D eigenvalue weighted by Gasteiger charge is -2.03. The van der Waals surface area contributed by atoms with E-state index < -0.39 is 0 Å². The first-order chi connectivity index (χ1) is 7.34. The van der Waals surface area contributed by atoms with Crippen molar-refractivity contribution in [1.29, 1.82) is 0 Å². The molecule has 1 N–H and O–H groups in total. The summed E-state index contributed by atoms with van der Waals surface area (Å²) in [6.07, 6.45) is 2.47. The highest BCUT2D eigenvalue weighted by molar-refractivity contribution is 7.09. The quantitative estimate of drug-likeness (QED) is 0.858. The van der Waals surface area contributed by atoms with Gasteiger partial charge in [-0.25, -0.2) is 0 Å². The predicted octanol–water partition coefficient (Wildman–Crippen LogP) is 2.06. The van der Waals surface area contributed by atoms with Gasteiger partial charge in [0.25, 0.3) is 5.56 Å². The van der Waals surface area contributed by atoms with E-state index in [0.29, 0.717) is 12.4 Å². The number of nitrogens with one attached hydrogen (secondary N) is 1. The Balaban J connectivity index is 1.86. The molecule has 0 atom stereocenters. The Labute approximate surface area is 91.4 Å². The molecule has 0 bridgehead atoms. The van der Waals surface area contributed by atoms with Gasteiger partial charge in [0, 0.05) is 23.6 Å². The van der Waals surface area contributed by atoms with Crippen molar-refractivity contribution in [3.8, 4) is 5.75 Å². The normalized spacial score (nSPS) is 10.1. The van der Waals surface area contributed by atoms with Crippen molar-refractivity contribution in [2.75, 3.05) is 6.61 Å². The number of hydrogen-bond acceptors (Lipinski definition) is 3. The first-order valence-electron chi connectivity index (χ1n) is 4.68. The zero-order chi connectivity index (χ0) is 10.5. The smallest absolute Gasteiger partial charge is 0.251 e. The van der Waals surface area contributed by atoms with Crippen LogP contribution in [0.25, 0.3) is 0 Å². The standard InChI is InChI=1S/C11H11NO2S/c13-11-8-9(3-5-12-11)14-6-4-10-2-1-7-15-10/h1-3,5,7-8H,4,6H2,(H,12,13). The average molecular weight is 221 g/mol. The van der Waals surface area contributed by atoms with E-state index in [9.17, 15) is 4.79 Å². The Morgan fingerprint density at radius 1 is 1.40 bits per heavy atom. The Bertz CT molecular complexity index is 461. The van der Waals surface area contributed by atoms with Crippen LogP contribution in [0.2, 0.25) is 0 Å². The minimum Gasteiger partial charge on any atom is -0.493 e. The Hall–Kier alpha value is -1.55. The van der Waals surface area contributed by atoms with Crippen LogP contribution in [0.1, 0.15) is 4.88 Å². The Morgan fingerprint density at radius 2 is 2.33 bits per heavy atom. The zero-order valence-electron chi connectivity index (χ0n) is 8.10. The fourth-order valence-electron chi connectivity index (χ4n) is 1.24. The molecule has 0 aliphatic carbocycles. The number of aromatic nitrogens is 1. The summed E-state index contributed by atoms with van der Waals surface area (Å²) in [5.41, 5.74) is -0.136. The van der Waals surface area contributed by atoms with Crippen molar-refractivity contribution in [1.82, 2.24) is 4.98 Å². The minimum atomic E-state index is -0.136. The third-order valence-electron chi connectivity index (χ3n) is 1.94. The van der Waals surface area contributed by atoms with Crippen molar-refractivity contribution in [2.24, 2.45) is 0 Å². The fraction of sp³-hybridized carbons (Fsp3) is 0.182. The van der Waals surface area contributed by atoms with Gasteiger partial charge in [-0.1, -0.05) is 6.07 Å². The summed E-state index contributed by atoms with van der Waals surface area (Å²) in [4.78, 5) is 14.8. The first-order valence-corrected chi connectivity index (χ1v) is 5.56. The molecule has 2 rings (SSSR count). The second-order valence-electron chi connectivity index (χ2n) is 3.07. The molecule has 0 saturated heterocycles. The predicted molar refractivity (Wildman–Crippen MR) is 60.6 cm³/mol. The van der Waals surface area contributed by atoms with Crippen LogP contribution in [0.3, 0.4) is 0 Å². The van der Waals surface area contributed by atoms with Crippen LogP contribution in [-0.4, -0.2) is 11.6 Å². The average Bonchev–Trinajstić information content (AvgIpc) is 2.71. The monoisotopic (exact) mass is 221 g/mol. The fourth-order valence-corrected chi connectivity index (χ4v) is 1.93. The van der Waals surface area contributed by atoms with Crippen molar-refractivity contribution in [3.63, 3.8) is 0 Å². The summed E-state index contributed by atoms with van der Waals surface area (Å²) < 4.78 is 5.45. The summed E-state index contributed by atoms with van der Waals surface area (Å²) in [6.45, 7) is 0.601. The lowest BCUT2D eigenvalue weighted by Crippen LogP contribution is -2.06. The summed E-state index contributed by atoms with van der Waals surface area (Å²) in [6, 6.07) is 7.29. The van der Waals surface area contributed by atoms with Crippen LogP contribution >= 0.6 is 11.3 Å². The van der Waals surface area contributed by atoms with E-state index >= 15 is 0 Å². The zero-order valence-corrected chi connectivity index (χ0v) is 8.92. The van der Waals surface area contributed by atoms with Crippen LogP contribution in [-0.2, 0) is 6.42 Å². The van der Waals surface area contributed by atoms with Crippen molar-refractivity contribution in [3.05, 3.63) is 51.1 Å². The largest absolute Gasteiger partial charge is 0.493 e. The molecule has 78 valence electrons. The van der Waals surface area contributed by atoms with Crippen LogP contribution in [0, 0.1) is 0 Å². The molecule has 0 radical (unpaired) electrons. The Morgan fingerprint density at radius 3 is 3.07 bits per heavy atom. The number of pyridine rings is 1. The molecule has 4 heteroatoms. The van der Waals surface area contributed by atoms with Crippen molar-refractivity contribution in [2.45, 2.75) is 6.42 Å². The highest BCUT2D eigenvalue weighted by atomic mass is 32.1. The molecule has 15 heavy (non-hydrogen) atoms. The van der Waals surface area contributed by atoms with Crippen LogP contribution in [0.4, 0.5) is 0 Å². The molecule has 0 unspecified atom stereocenters. The molecule has 0 aliphatic heterocycles. The third-order valence-corrected chi connectivity index (χ3v) is 2.88. The second-order valence-corrected chi connectivity index (χ2v) is 4.10. The van der Waals surface area contributed by atoms with Crippen LogP contribution in [0.5, 0.6) is 5.75 Å². The number of rotatable bonds is 4. The SMILES string of the molecule is O=c1cc(OCCc2cccs2)cc[nH]1. The third kappa shape index (κ3) is 2.95. The maximum atomic E-state index is 10.9. The second kappa shape index (κ2) is 4.79. The number of thiophene rings is 1. The van der Waals surface area contributed by atoms with E-state index in [1.54, 1.807) is 23.6 Å². The summed E-state index contributed by atoms with van der Waals surface area (Å²) in [7, 11) is 0. The topological polar surface area (TPSA) is 42.1 Å². The molecular weight excluding hydrogens is 210 g/mol. The van der Waals surface area contributed by atoms with Gasteiger partial charge >= 0.3 is 0 Å². The molecule has 3 nitrogen and oxygen atoms in total. The summed E-state index contributed by atoms with van der Waals surface area (Å²) in [5, 5.41) is 2.04. The molecule has 2 heterocycles. The van der Waals surface area contributed by atoms with E-state index in [1.165, 1.54) is 10.9 Å². The number of H-pyrrole nitrogens is 1. The van der Waals surface area contributed by atoms with E-state index in [-0.39, 0.29) is 5.56 Å². The lowest BCUT2D eigenvalue weighted by atomic mass is 10.3. The summed E-state index contributed by atoms with van der Waals surface area (Å²) >= 11 is 1.71. The van der Waals surface area contributed by atoms with Gasteiger partial charge < -0.3 is 9.72 Å². The number of aromatic amines is 1. The van der Waals surface area contributed by atoms with Crippen LogP contribution in [0.15, 0.2) is 40.6 Å². The first kappa shape index (κ1) is 9.98. The van der Waals surface area contributed by atoms with E-state index in [2.05, 4.69) is 11.1 Å². The van der Waals surface area contributed by atoms with Crippen molar-refractivity contribution < 1.29 is 4.74 Å². The molecule has 2 aromatic rings. The van der Waals surface area contributed by atoms with E-state index in [1.807, 2.05) is 11.4 Å². The van der Waals surface area contributed by atoms with Gasteiger partial charge in [0.15, 0.2) is 0 Å². The van der Waals surface area contributed by atoms with Gasteiger partial charge in [-0.3, -0.25) is 4.79 Å². The molecule has 0 amide bonds. The van der Waals surface area contributed by atoms with Gasteiger partial charge in [-0.15, -0.1) is 11.3 Å². The highest BCUT2D eigenvalue weighted by Crippen LogP contribution is 2.10. The van der Waals surface area contributed by atoms with E-state index in [0.717, 1.165) is 6.42 Å². The number of hydrogen-bond donors (Lipinski definition) is 1. The molecule has 0 spiro atoms. The van der Waals surface area contributed by atoms with Gasteiger partial charge in [0.2, 0.25) is 0 Å². The van der Waals surface area contributed by atoms with Gasteiger partial charge in [0.1, 0.15) is 5.75 Å². The maximum Gasteiger partial charge on any atom is 0.251 e. The Kier molecular flexibility index (Phi) is 3.19. The lowest BCUT2D eigenvalue weighted by molar-refractivity contribution is 0.322. The molecule has 0 fully saturated rings. The van der Waals surface area contributed by atoms with Gasteiger partial charge in [-0.05, 0) is 17.5 Å². The van der Waals surface area contributed by atoms with Gasteiger partial charge in [0.05, 0.1) is 6.61 Å². The van der Waals surface area contributed by atoms with E-state index in [4.69, 9.17) is 4.74 Å². The molecule has 2 aromatic heterocycles. The summed E-state index contributed by atoms with van der Waals surface area (Å²) in [5.74, 6) is 0.621. The van der Waals surface area contributed by atoms with Gasteiger partial charge in [-0.2, -0.15) is 0 Å². The molecule has 0 aliphatic rings. The maximum absolute atomic E-state index is 10.9. The molecule has 0 aromatic carbocycles. The van der Waals surface area contributed by atoms with Crippen LogP contribution < -0.4 is 10.3 Å². The minimum absolute atomic E-state index is 0.136. The molecule has 0 saturated carbocycles. The highest BCUT2D eigenvalue weighted by Gasteiger charge is 1.96.